The van der Waals surface area contributed by atoms with Crippen LogP contribution in [0.5, 0.6) is 17.2 Å². The van der Waals surface area contributed by atoms with Crippen molar-refractivity contribution in [3.05, 3.63) is 17.7 Å². The maximum absolute atomic E-state index is 11.3. The van der Waals surface area contributed by atoms with Crippen molar-refractivity contribution in [1.29, 1.82) is 0 Å². The summed E-state index contributed by atoms with van der Waals surface area (Å²) < 4.78 is 15.2. The fraction of sp³-hybridized carbons (Fsp3) is 0.400. The first-order valence-corrected chi connectivity index (χ1v) is 6.44. The number of hydrogen-bond donors (Lipinski definition) is 0. The van der Waals surface area contributed by atoms with Crippen molar-refractivity contribution in [1.82, 2.24) is 0 Å². The Morgan fingerprint density at radius 2 is 1.29 bits per heavy atom. The molecule has 0 aliphatic heterocycles. The number of rotatable bonds is 4. The van der Waals surface area contributed by atoms with Crippen LogP contribution in [0.1, 0.15) is 46.1 Å². The van der Waals surface area contributed by atoms with Crippen LogP contribution in [0.25, 0.3) is 0 Å². The van der Waals surface area contributed by atoms with Crippen molar-refractivity contribution in [3.8, 4) is 17.2 Å². The van der Waals surface area contributed by atoms with E-state index in [4.69, 9.17) is 14.2 Å². The molecule has 6 nitrogen and oxygen atoms in total. The Hall–Kier alpha value is -2.37. The molecule has 0 saturated heterocycles. The molecule has 21 heavy (non-hydrogen) atoms. The van der Waals surface area contributed by atoms with E-state index in [0.717, 1.165) is 0 Å². The topological polar surface area (TPSA) is 78.9 Å². The van der Waals surface area contributed by atoms with Gasteiger partial charge in [0.05, 0.1) is 0 Å². The molecule has 0 unspecified atom stereocenters. The second kappa shape index (κ2) is 6.88. The summed E-state index contributed by atoms with van der Waals surface area (Å²) in [5, 5.41) is 0. The van der Waals surface area contributed by atoms with Gasteiger partial charge in [0.1, 0.15) is 0 Å². The van der Waals surface area contributed by atoms with E-state index in [1.165, 1.54) is 26.8 Å². The summed E-state index contributed by atoms with van der Waals surface area (Å²) in [5.74, 6) is -1.69. The third-order valence-corrected chi connectivity index (χ3v) is 2.47. The molecule has 0 fully saturated rings. The highest BCUT2D eigenvalue weighted by Crippen LogP contribution is 2.43. The van der Waals surface area contributed by atoms with Crippen molar-refractivity contribution in [2.45, 2.75) is 40.5 Å². The average Bonchev–Trinajstić information content (AvgIpc) is 2.31. The highest BCUT2D eigenvalue weighted by Gasteiger charge is 2.23. The van der Waals surface area contributed by atoms with Gasteiger partial charge >= 0.3 is 17.9 Å². The fourth-order valence-corrected chi connectivity index (χ4v) is 1.74. The van der Waals surface area contributed by atoms with Gasteiger partial charge < -0.3 is 14.2 Å². The Bertz CT molecular complexity index is 574. The molecule has 0 radical (unpaired) electrons. The number of carbonyl (C=O) groups excluding carboxylic acids is 3. The zero-order valence-corrected chi connectivity index (χ0v) is 12.7. The summed E-state index contributed by atoms with van der Waals surface area (Å²) in [6, 6.07) is 3.16. The number of carbonyl (C=O) groups is 3. The minimum atomic E-state index is -0.613. The Balaban J connectivity index is 3.50. The van der Waals surface area contributed by atoms with Crippen LogP contribution < -0.4 is 14.2 Å². The third-order valence-electron chi connectivity index (χ3n) is 2.47. The van der Waals surface area contributed by atoms with Crippen molar-refractivity contribution in [3.63, 3.8) is 0 Å². The quantitative estimate of drug-likeness (QED) is 0.627. The molecule has 1 aromatic rings. The monoisotopic (exact) mass is 294 g/mol. The lowest BCUT2D eigenvalue weighted by Crippen LogP contribution is -2.12. The zero-order valence-electron chi connectivity index (χ0n) is 12.7. The molecule has 0 spiro atoms. The highest BCUT2D eigenvalue weighted by atomic mass is 16.6. The lowest BCUT2D eigenvalue weighted by molar-refractivity contribution is -0.135. The molecule has 0 amide bonds. The summed E-state index contributed by atoms with van der Waals surface area (Å²) in [6.07, 6.45) is 0. The van der Waals surface area contributed by atoms with Crippen LogP contribution in [-0.4, -0.2) is 17.9 Å². The molecule has 114 valence electrons. The van der Waals surface area contributed by atoms with Gasteiger partial charge in [0.25, 0.3) is 0 Å². The molecule has 0 N–H and O–H groups in total. The predicted octanol–water partition coefficient (Wildman–Crippen LogP) is 2.59. The van der Waals surface area contributed by atoms with E-state index in [1.807, 2.05) is 13.8 Å². The van der Waals surface area contributed by atoms with Crippen molar-refractivity contribution < 1.29 is 28.6 Å². The number of hydrogen-bond acceptors (Lipinski definition) is 6. The number of ether oxygens (including phenoxy) is 3. The fourth-order valence-electron chi connectivity index (χ4n) is 1.74. The van der Waals surface area contributed by atoms with Gasteiger partial charge in [0.15, 0.2) is 11.5 Å². The predicted molar refractivity (Wildman–Crippen MR) is 74.5 cm³/mol. The Kier molecular flexibility index (Phi) is 5.46. The zero-order chi connectivity index (χ0) is 16.2. The lowest BCUT2D eigenvalue weighted by Gasteiger charge is -2.18. The molecule has 1 aromatic carbocycles. The van der Waals surface area contributed by atoms with Crippen LogP contribution in [-0.2, 0) is 14.4 Å². The highest BCUT2D eigenvalue weighted by molar-refractivity contribution is 5.78. The molecule has 0 bridgehead atoms. The second-order valence-corrected chi connectivity index (χ2v) is 4.75. The van der Waals surface area contributed by atoms with Crippen molar-refractivity contribution in [2.24, 2.45) is 0 Å². The van der Waals surface area contributed by atoms with Crippen LogP contribution in [0.4, 0.5) is 0 Å². The minimum absolute atomic E-state index is 0.0139. The standard InChI is InChI=1S/C15H18O6/c1-8(2)12-6-7-13(19-9(3)16)15(21-11(5)18)14(12)20-10(4)17/h6-8H,1-5H3. The average molecular weight is 294 g/mol. The summed E-state index contributed by atoms with van der Waals surface area (Å²) in [5.41, 5.74) is 0.664. The Morgan fingerprint density at radius 3 is 1.71 bits per heavy atom. The molecule has 0 aromatic heterocycles. The summed E-state index contributed by atoms with van der Waals surface area (Å²) >= 11 is 0. The molecular formula is C15H18O6. The van der Waals surface area contributed by atoms with Crippen LogP contribution in [0, 0.1) is 0 Å². The molecule has 0 atom stereocenters. The van der Waals surface area contributed by atoms with E-state index < -0.39 is 17.9 Å². The van der Waals surface area contributed by atoms with Crippen molar-refractivity contribution in [2.75, 3.05) is 0 Å². The molecular weight excluding hydrogens is 276 g/mol. The van der Waals surface area contributed by atoms with Gasteiger partial charge in [-0.15, -0.1) is 0 Å². The first-order chi connectivity index (χ1) is 9.72. The lowest BCUT2D eigenvalue weighted by atomic mass is 10.0. The number of esters is 3. The molecule has 0 heterocycles. The van der Waals surface area contributed by atoms with E-state index in [1.54, 1.807) is 6.07 Å². The number of benzene rings is 1. The van der Waals surface area contributed by atoms with Crippen LogP contribution in [0.2, 0.25) is 0 Å². The van der Waals surface area contributed by atoms with E-state index in [2.05, 4.69) is 0 Å². The SMILES string of the molecule is CC(=O)Oc1ccc(C(C)C)c(OC(C)=O)c1OC(C)=O. The van der Waals surface area contributed by atoms with Gasteiger partial charge in [-0.3, -0.25) is 14.4 Å². The molecule has 1 rings (SSSR count). The Morgan fingerprint density at radius 1 is 0.810 bits per heavy atom. The Labute approximate surface area is 123 Å². The van der Waals surface area contributed by atoms with Crippen LogP contribution >= 0.6 is 0 Å². The maximum atomic E-state index is 11.3. The second-order valence-electron chi connectivity index (χ2n) is 4.75. The van der Waals surface area contributed by atoms with Gasteiger partial charge in [-0.25, -0.2) is 0 Å². The van der Waals surface area contributed by atoms with Crippen LogP contribution in [0.15, 0.2) is 12.1 Å². The first-order valence-electron chi connectivity index (χ1n) is 6.44. The summed E-state index contributed by atoms with van der Waals surface area (Å²) in [7, 11) is 0. The third kappa shape index (κ3) is 4.59. The molecule has 0 aliphatic carbocycles. The van der Waals surface area contributed by atoms with Gasteiger partial charge in [-0.05, 0) is 12.0 Å². The largest absolute Gasteiger partial charge is 0.423 e. The van der Waals surface area contributed by atoms with Gasteiger partial charge in [-0.1, -0.05) is 19.9 Å². The van der Waals surface area contributed by atoms with Gasteiger partial charge in [-0.2, -0.15) is 0 Å². The van der Waals surface area contributed by atoms with E-state index in [-0.39, 0.29) is 23.2 Å². The summed E-state index contributed by atoms with van der Waals surface area (Å²) in [6.45, 7) is 7.45. The van der Waals surface area contributed by atoms with E-state index in [9.17, 15) is 14.4 Å². The van der Waals surface area contributed by atoms with Gasteiger partial charge in [0.2, 0.25) is 5.75 Å². The van der Waals surface area contributed by atoms with Crippen LogP contribution in [0.3, 0.4) is 0 Å². The van der Waals surface area contributed by atoms with E-state index >= 15 is 0 Å². The maximum Gasteiger partial charge on any atom is 0.308 e. The normalized spacial score (nSPS) is 10.2. The van der Waals surface area contributed by atoms with E-state index in [0.29, 0.717) is 5.56 Å². The molecule has 0 saturated carbocycles. The first kappa shape index (κ1) is 16.7. The van der Waals surface area contributed by atoms with Gasteiger partial charge in [0, 0.05) is 26.3 Å². The summed E-state index contributed by atoms with van der Waals surface area (Å²) in [4.78, 5) is 33.7. The minimum Gasteiger partial charge on any atom is -0.423 e. The molecule has 6 heteroatoms. The van der Waals surface area contributed by atoms with Crippen molar-refractivity contribution >= 4 is 17.9 Å². The molecule has 0 aliphatic rings. The smallest absolute Gasteiger partial charge is 0.308 e.